The van der Waals surface area contributed by atoms with E-state index in [0.29, 0.717) is 0 Å². The van der Waals surface area contributed by atoms with Crippen LogP contribution in [0.15, 0.2) is 24.5 Å². The van der Waals surface area contributed by atoms with Crippen molar-refractivity contribution in [3.05, 3.63) is 24.5 Å². The normalized spacial score (nSPS) is 16.8. The second-order valence-corrected chi connectivity index (χ2v) is 3.78. The van der Waals surface area contributed by atoms with Crippen LogP contribution in [-0.2, 0) is 6.54 Å². The molecule has 0 saturated heterocycles. The van der Waals surface area contributed by atoms with Gasteiger partial charge in [-0.3, -0.25) is 4.90 Å². The van der Waals surface area contributed by atoms with Crippen molar-refractivity contribution < 1.29 is 0 Å². The highest BCUT2D eigenvalue weighted by Crippen LogP contribution is 2.26. The van der Waals surface area contributed by atoms with Gasteiger partial charge < -0.3 is 4.57 Å². The molecule has 0 N–H and O–H groups in total. The third kappa shape index (κ3) is 2.34. The highest BCUT2D eigenvalue weighted by atomic mass is 15.2. The molecule has 1 aliphatic rings. The Hall–Kier alpha value is -0.760. The van der Waals surface area contributed by atoms with Crippen LogP contribution in [0, 0.1) is 0 Å². The Bertz CT molecular complexity index is 237. The van der Waals surface area contributed by atoms with E-state index < -0.39 is 0 Å². The van der Waals surface area contributed by atoms with Crippen molar-refractivity contribution in [2.45, 2.75) is 32.4 Å². The molecule has 1 heterocycles. The maximum absolute atomic E-state index is 2.58. The van der Waals surface area contributed by atoms with Crippen LogP contribution >= 0.6 is 0 Å². The van der Waals surface area contributed by atoms with Crippen molar-refractivity contribution >= 4 is 0 Å². The summed E-state index contributed by atoms with van der Waals surface area (Å²) < 4.78 is 2.26. The number of hydrogen-bond donors (Lipinski definition) is 0. The molecule has 1 aromatic rings. The molecular weight excluding hydrogens is 160 g/mol. The van der Waals surface area contributed by atoms with E-state index in [1.807, 2.05) is 0 Å². The molecule has 2 nitrogen and oxygen atoms in total. The highest BCUT2D eigenvalue weighted by Gasteiger charge is 2.27. The summed E-state index contributed by atoms with van der Waals surface area (Å²) in [6, 6.07) is 5.08. The molecule has 0 aromatic carbocycles. The van der Waals surface area contributed by atoms with E-state index in [9.17, 15) is 0 Å². The minimum absolute atomic E-state index is 0.903. The molecular formula is C11H18N2. The molecule has 0 aliphatic heterocycles. The van der Waals surface area contributed by atoms with Gasteiger partial charge in [0.1, 0.15) is 0 Å². The summed E-state index contributed by atoms with van der Waals surface area (Å²) in [5.41, 5.74) is 0. The standard InChI is InChI=1S/C11H18N2/c1-2-13(11-5-6-11)10-9-12-7-3-4-8-12/h3-4,7-8,11H,2,5-6,9-10H2,1H3. The summed E-state index contributed by atoms with van der Waals surface area (Å²) in [7, 11) is 0. The SMILES string of the molecule is CCN(CCn1cccc1)C1CC1. The highest BCUT2D eigenvalue weighted by molar-refractivity contribution is 4.91. The lowest BCUT2D eigenvalue weighted by molar-refractivity contribution is 0.266. The van der Waals surface area contributed by atoms with E-state index in [4.69, 9.17) is 0 Å². The number of rotatable bonds is 5. The molecule has 0 radical (unpaired) electrons. The molecule has 0 unspecified atom stereocenters. The Morgan fingerprint density at radius 3 is 2.54 bits per heavy atom. The van der Waals surface area contributed by atoms with Gasteiger partial charge in [0.15, 0.2) is 0 Å². The molecule has 72 valence electrons. The summed E-state index contributed by atoms with van der Waals surface area (Å²) in [5, 5.41) is 0. The van der Waals surface area contributed by atoms with Crippen molar-refractivity contribution in [3.8, 4) is 0 Å². The summed E-state index contributed by atoms with van der Waals surface area (Å²) >= 11 is 0. The fraction of sp³-hybridized carbons (Fsp3) is 0.636. The van der Waals surface area contributed by atoms with Gasteiger partial charge in [0.2, 0.25) is 0 Å². The lowest BCUT2D eigenvalue weighted by atomic mass is 10.4. The van der Waals surface area contributed by atoms with Gasteiger partial charge in [-0.1, -0.05) is 6.92 Å². The molecule has 1 aliphatic carbocycles. The first-order chi connectivity index (χ1) is 6.40. The molecule has 0 spiro atoms. The third-order valence-electron chi connectivity index (χ3n) is 2.78. The molecule has 1 aromatic heterocycles. The van der Waals surface area contributed by atoms with Crippen LogP contribution in [-0.4, -0.2) is 28.6 Å². The average Bonchev–Trinajstić information content (AvgIpc) is 2.84. The summed E-state index contributed by atoms with van der Waals surface area (Å²) in [4.78, 5) is 2.58. The summed E-state index contributed by atoms with van der Waals surface area (Å²) in [5.74, 6) is 0. The van der Waals surface area contributed by atoms with Crippen LogP contribution < -0.4 is 0 Å². The predicted molar refractivity (Wildman–Crippen MR) is 54.7 cm³/mol. The quantitative estimate of drug-likeness (QED) is 0.669. The van der Waals surface area contributed by atoms with Gasteiger partial charge >= 0.3 is 0 Å². The van der Waals surface area contributed by atoms with Gasteiger partial charge in [-0.25, -0.2) is 0 Å². The van der Waals surface area contributed by atoms with Gasteiger partial charge in [0.25, 0.3) is 0 Å². The van der Waals surface area contributed by atoms with E-state index in [1.54, 1.807) is 0 Å². The maximum Gasteiger partial charge on any atom is 0.0347 e. The van der Waals surface area contributed by atoms with E-state index in [1.165, 1.54) is 25.9 Å². The number of nitrogens with zero attached hydrogens (tertiary/aromatic N) is 2. The van der Waals surface area contributed by atoms with Crippen molar-refractivity contribution in [1.82, 2.24) is 9.47 Å². The molecule has 0 bridgehead atoms. The van der Waals surface area contributed by atoms with Crippen LogP contribution in [0.3, 0.4) is 0 Å². The zero-order chi connectivity index (χ0) is 9.10. The second kappa shape index (κ2) is 3.97. The minimum Gasteiger partial charge on any atom is -0.353 e. The first-order valence-electron chi connectivity index (χ1n) is 5.25. The first-order valence-corrected chi connectivity index (χ1v) is 5.25. The second-order valence-electron chi connectivity index (χ2n) is 3.78. The van der Waals surface area contributed by atoms with Gasteiger partial charge in [-0.2, -0.15) is 0 Å². The summed E-state index contributed by atoms with van der Waals surface area (Å²) in [6.45, 7) is 5.80. The topological polar surface area (TPSA) is 8.17 Å². The summed E-state index contributed by atoms with van der Waals surface area (Å²) in [6.07, 6.45) is 7.11. The van der Waals surface area contributed by atoms with Crippen molar-refractivity contribution in [1.29, 1.82) is 0 Å². The smallest absolute Gasteiger partial charge is 0.0347 e. The molecule has 0 amide bonds. The largest absolute Gasteiger partial charge is 0.353 e. The lowest BCUT2D eigenvalue weighted by Gasteiger charge is -2.19. The number of likely N-dealkylation sites (N-methyl/N-ethyl adjacent to an activating group) is 1. The predicted octanol–water partition coefficient (Wildman–Crippen LogP) is 1.97. The molecule has 2 heteroatoms. The van der Waals surface area contributed by atoms with Crippen molar-refractivity contribution in [3.63, 3.8) is 0 Å². The molecule has 0 atom stereocenters. The number of hydrogen-bond acceptors (Lipinski definition) is 1. The minimum atomic E-state index is 0.903. The van der Waals surface area contributed by atoms with Gasteiger partial charge in [0, 0.05) is 31.5 Å². The molecule has 1 saturated carbocycles. The van der Waals surface area contributed by atoms with Gasteiger partial charge in [0.05, 0.1) is 0 Å². The maximum atomic E-state index is 2.58. The van der Waals surface area contributed by atoms with E-state index in [-0.39, 0.29) is 0 Å². The average molecular weight is 178 g/mol. The van der Waals surface area contributed by atoms with E-state index in [2.05, 4.69) is 40.9 Å². The van der Waals surface area contributed by atoms with Crippen LogP contribution in [0.4, 0.5) is 0 Å². The first kappa shape index (κ1) is 8.82. The van der Waals surface area contributed by atoms with E-state index in [0.717, 1.165) is 12.6 Å². The fourth-order valence-corrected chi connectivity index (χ4v) is 1.80. The zero-order valence-electron chi connectivity index (χ0n) is 8.32. The van der Waals surface area contributed by atoms with Crippen molar-refractivity contribution in [2.75, 3.05) is 13.1 Å². The molecule has 1 fully saturated rings. The van der Waals surface area contributed by atoms with E-state index >= 15 is 0 Å². The van der Waals surface area contributed by atoms with Crippen LogP contribution in [0.25, 0.3) is 0 Å². The van der Waals surface area contributed by atoms with Crippen LogP contribution in [0.1, 0.15) is 19.8 Å². The number of aromatic nitrogens is 1. The monoisotopic (exact) mass is 178 g/mol. The third-order valence-corrected chi connectivity index (χ3v) is 2.78. The van der Waals surface area contributed by atoms with Crippen LogP contribution in [0.5, 0.6) is 0 Å². The fourth-order valence-electron chi connectivity index (χ4n) is 1.80. The Kier molecular flexibility index (Phi) is 2.69. The van der Waals surface area contributed by atoms with Crippen molar-refractivity contribution in [2.24, 2.45) is 0 Å². The Labute approximate surface area is 80.2 Å². The van der Waals surface area contributed by atoms with Crippen LogP contribution in [0.2, 0.25) is 0 Å². The molecule has 2 rings (SSSR count). The lowest BCUT2D eigenvalue weighted by Crippen LogP contribution is -2.29. The Morgan fingerprint density at radius 2 is 2.00 bits per heavy atom. The Morgan fingerprint density at radius 1 is 1.31 bits per heavy atom. The zero-order valence-corrected chi connectivity index (χ0v) is 8.32. The van der Waals surface area contributed by atoms with Gasteiger partial charge in [-0.05, 0) is 31.5 Å². The molecule has 13 heavy (non-hydrogen) atoms. The Balaban J connectivity index is 1.77. The van der Waals surface area contributed by atoms with Gasteiger partial charge in [-0.15, -0.1) is 0 Å².